The summed E-state index contributed by atoms with van der Waals surface area (Å²) >= 11 is 0. The minimum atomic E-state index is -0.572. The lowest BCUT2D eigenvalue weighted by atomic mass is 9.94. The third kappa shape index (κ3) is 12.8. The summed E-state index contributed by atoms with van der Waals surface area (Å²) in [5.41, 5.74) is 6.01. The van der Waals surface area contributed by atoms with E-state index in [2.05, 4.69) is 56.1 Å². The number of H-pyrrole nitrogens is 1. The number of amides is 3. The molecule has 0 saturated carbocycles. The quantitative estimate of drug-likeness (QED) is 0.0429. The van der Waals surface area contributed by atoms with Crippen LogP contribution in [0.5, 0.6) is 28.7 Å². The van der Waals surface area contributed by atoms with Gasteiger partial charge in [0.1, 0.15) is 40.6 Å². The molecular formula is C57H64N14O8. The highest BCUT2D eigenvalue weighted by Gasteiger charge is 2.31. The van der Waals surface area contributed by atoms with Gasteiger partial charge in [0.2, 0.25) is 11.7 Å². The highest BCUT2D eigenvalue weighted by molar-refractivity contribution is 5.92. The van der Waals surface area contributed by atoms with Gasteiger partial charge in [-0.2, -0.15) is 10.4 Å². The predicted molar refractivity (Wildman–Crippen MR) is 295 cm³/mol. The minimum absolute atomic E-state index is 0.0216. The van der Waals surface area contributed by atoms with Crippen molar-refractivity contribution in [1.82, 2.24) is 55.4 Å². The molecule has 0 spiro atoms. The number of methoxy groups -OCH3 is 1. The van der Waals surface area contributed by atoms with Gasteiger partial charge in [0.25, 0.3) is 5.91 Å². The van der Waals surface area contributed by atoms with Crippen molar-refractivity contribution in [3.05, 3.63) is 119 Å². The number of aromatic amines is 1. The Kier molecular flexibility index (Phi) is 17.2. The summed E-state index contributed by atoms with van der Waals surface area (Å²) in [7, 11) is 1.57. The molecule has 9 rings (SSSR count). The first-order valence-electron chi connectivity index (χ1n) is 26.4. The Labute approximate surface area is 457 Å². The monoisotopic (exact) mass is 1070 g/mol. The number of nitrogens with zero attached hydrogens (tertiary/aromatic N) is 10. The van der Waals surface area contributed by atoms with E-state index in [1.807, 2.05) is 93.3 Å². The van der Waals surface area contributed by atoms with E-state index in [-0.39, 0.29) is 46.6 Å². The SMILES string of the molecule is CCNC(=O)c1nnc(-c2cc(C(C)C)c(O)cc2O)n1-c1ccc(CN2CCC(C(=O)N3CCN(c4ccc(OC(=O)NCCCOc5cccc(OC)c5-c5cc(Nc6cnc(C#N)cn6)n[nH]5)c(C)c4)CC3)CC2)cc1. The molecule has 4 aromatic carbocycles. The van der Waals surface area contributed by atoms with Crippen LogP contribution < -0.4 is 35.1 Å². The number of hydrogen-bond donors (Lipinski definition) is 6. The van der Waals surface area contributed by atoms with Gasteiger partial charge in [-0.3, -0.25) is 24.2 Å². The van der Waals surface area contributed by atoms with Crippen LogP contribution >= 0.6 is 0 Å². The van der Waals surface area contributed by atoms with Gasteiger partial charge < -0.3 is 50.2 Å². The molecule has 0 atom stereocenters. The molecule has 22 heteroatoms. The topological polar surface area (TPSA) is 274 Å². The smallest absolute Gasteiger partial charge is 0.412 e. The average Bonchev–Trinajstić information content (AvgIpc) is 4.30. The molecule has 2 aliphatic heterocycles. The first-order valence-corrected chi connectivity index (χ1v) is 26.4. The Balaban J connectivity index is 0.707. The molecule has 2 aliphatic rings. The normalized spacial score (nSPS) is 13.9. The Morgan fingerprint density at radius 3 is 2.30 bits per heavy atom. The van der Waals surface area contributed by atoms with Crippen LogP contribution in [0.1, 0.15) is 79.0 Å². The van der Waals surface area contributed by atoms with Gasteiger partial charge in [0.15, 0.2) is 17.3 Å². The number of phenolic OH excluding ortho intramolecular Hbond substituents is 2. The van der Waals surface area contributed by atoms with E-state index in [1.165, 1.54) is 18.5 Å². The van der Waals surface area contributed by atoms with Gasteiger partial charge in [-0.15, -0.1) is 10.2 Å². The van der Waals surface area contributed by atoms with Crippen molar-refractivity contribution in [2.75, 3.05) is 76.3 Å². The number of piperazine rings is 1. The van der Waals surface area contributed by atoms with Crippen molar-refractivity contribution in [3.63, 3.8) is 0 Å². The molecule has 0 radical (unpaired) electrons. The Morgan fingerprint density at radius 2 is 1.61 bits per heavy atom. The summed E-state index contributed by atoms with van der Waals surface area (Å²) in [6, 6.07) is 25.7. The first kappa shape index (κ1) is 54.6. The zero-order chi connectivity index (χ0) is 55.6. The van der Waals surface area contributed by atoms with Crippen LogP contribution in [-0.2, 0) is 11.3 Å². The maximum Gasteiger partial charge on any atom is 0.412 e. The Bertz CT molecular complexity index is 3320. The fraction of sp³-hybridized carbons (Fsp3) is 0.351. The number of nitriles is 1. The number of rotatable bonds is 19. The van der Waals surface area contributed by atoms with E-state index in [0.717, 1.165) is 42.7 Å². The molecule has 2 saturated heterocycles. The Hall–Kier alpha value is -9.23. The summed E-state index contributed by atoms with van der Waals surface area (Å²) in [6.45, 7) is 13.5. The molecule has 6 N–H and O–H groups in total. The van der Waals surface area contributed by atoms with Crippen molar-refractivity contribution >= 4 is 35.2 Å². The van der Waals surface area contributed by atoms with E-state index < -0.39 is 12.0 Å². The van der Waals surface area contributed by atoms with Crippen LogP contribution in [0.4, 0.5) is 22.1 Å². The number of ether oxygens (including phenoxy) is 3. The van der Waals surface area contributed by atoms with E-state index in [9.17, 15) is 24.6 Å². The number of piperidine rings is 1. The second kappa shape index (κ2) is 24.8. The lowest BCUT2D eigenvalue weighted by Gasteiger charge is -2.39. The van der Waals surface area contributed by atoms with Gasteiger partial charge >= 0.3 is 6.09 Å². The number of aromatic nitrogens is 7. The number of anilines is 3. The number of carbonyl (C=O) groups excluding carboxylic acids is 3. The number of hydrogen-bond acceptors (Lipinski definition) is 17. The van der Waals surface area contributed by atoms with E-state index in [4.69, 9.17) is 19.5 Å². The van der Waals surface area contributed by atoms with Crippen LogP contribution in [0, 0.1) is 24.2 Å². The van der Waals surface area contributed by atoms with Crippen molar-refractivity contribution in [2.45, 2.75) is 59.4 Å². The number of aryl methyl sites for hydroxylation is 1. The molecule has 79 heavy (non-hydrogen) atoms. The highest BCUT2D eigenvalue weighted by atomic mass is 16.6. The fourth-order valence-corrected chi connectivity index (χ4v) is 9.80. The molecule has 2 fully saturated rings. The first-order chi connectivity index (χ1) is 38.3. The summed E-state index contributed by atoms with van der Waals surface area (Å²) in [4.78, 5) is 54.6. The van der Waals surface area contributed by atoms with Crippen LogP contribution in [0.3, 0.4) is 0 Å². The highest BCUT2D eigenvalue weighted by Crippen LogP contribution is 2.40. The summed E-state index contributed by atoms with van der Waals surface area (Å²) < 4.78 is 19.1. The van der Waals surface area contributed by atoms with Crippen molar-refractivity contribution in [2.24, 2.45) is 5.92 Å². The van der Waals surface area contributed by atoms with Crippen molar-refractivity contribution < 1.29 is 38.8 Å². The van der Waals surface area contributed by atoms with Crippen molar-refractivity contribution in [3.8, 4) is 63.1 Å². The molecule has 410 valence electrons. The minimum Gasteiger partial charge on any atom is -0.508 e. The molecule has 0 aliphatic carbocycles. The molecule has 0 bridgehead atoms. The Morgan fingerprint density at radius 1 is 0.848 bits per heavy atom. The van der Waals surface area contributed by atoms with E-state index in [1.54, 1.807) is 29.9 Å². The van der Waals surface area contributed by atoms with Crippen LogP contribution in [0.25, 0.3) is 28.3 Å². The number of likely N-dealkylation sites (tertiary alicyclic amines) is 1. The second-order valence-corrected chi connectivity index (χ2v) is 19.6. The maximum atomic E-state index is 13.8. The van der Waals surface area contributed by atoms with Crippen LogP contribution in [-0.4, -0.2) is 139 Å². The molecule has 7 aromatic rings. The number of aromatic hydroxyl groups is 2. The summed E-state index contributed by atoms with van der Waals surface area (Å²) in [5, 5.41) is 55.0. The predicted octanol–water partition coefficient (Wildman–Crippen LogP) is 7.45. The summed E-state index contributed by atoms with van der Waals surface area (Å²) in [6.07, 6.45) is 4.28. The largest absolute Gasteiger partial charge is 0.508 e. The van der Waals surface area contributed by atoms with Gasteiger partial charge in [-0.1, -0.05) is 32.0 Å². The molecular weight excluding hydrogens is 1010 g/mol. The third-order valence-corrected chi connectivity index (χ3v) is 14.0. The van der Waals surface area contributed by atoms with Gasteiger partial charge in [0, 0.05) is 75.2 Å². The molecule has 0 unspecified atom stereocenters. The number of nitrogens with one attached hydrogen (secondary N) is 4. The zero-order valence-corrected chi connectivity index (χ0v) is 44.8. The second-order valence-electron chi connectivity index (χ2n) is 19.6. The number of benzene rings is 4. The zero-order valence-electron chi connectivity index (χ0n) is 44.8. The van der Waals surface area contributed by atoms with E-state index >= 15 is 0 Å². The summed E-state index contributed by atoms with van der Waals surface area (Å²) in [5.74, 6) is 2.36. The van der Waals surface area contributed by atoms with E-state index in [0.29, 0.717) is 116 Å². The maximum absolute atomic E-state index is 13.8. The van der Waals surface area contributed by atoms with Crippen LogP contribution in [0.15, 0.2) is 91.3 Å². The van der Waals surface area contributed by atoms with Crippen molar-refractivity contribution in [1.29, 1.82) is 5.26 Å². The van der Waals surface area contributed by atoms with Gasteiger partial charge in [-0.05, 0) is 117 Å². The van der Waals surface area contributed by atoms with Crippen LogP contribution in [0.2, 0.25) is 0 Å². The molecule has 5 heterocycles. The molecule has 3 amide bonds. The molecule has 22 nitrogen and oxygen atoms in total. The lowest BCUT2D eigenvalue weighted by Crippen LogP contribution is -2.51. The number of phenols is 2. The lowest BCUT2D eigenvalue weighted by molar-refractivity contribution is -0.137. The number of carbonyl (C=O) groups is 3. The van der Waals surface area contributed by atoms with Gasteiger partial charge in [-0.25, -0.2) is 14.8 Å². The third-order valence-electron chi connectivity index (χ3n) is 14.0. The average molecular weight is 1070 g/mol. The molecule has 3 aromatic heterocycles. The fourth-order valence-electron chi connectivity index (χ4n) is 9.80. The standard InChI is InChI=1S/C57H64N14O8/c1-6-59-55(74)54-67-66-53(43-28-42(35(2)3)45(72)30-46(43)73)71(54)40-13-11-37(12-14-40)34-68-20-17-38(18-21-68)56(75)70-24-22-69(23-25-70)41-15-16-47(36(4)27-41)79-57(76)60-19-8-26-78-49-10-7-9-48(77-5)52(49)44-29-50(65-64-44)63-51-33-61-39(31-58)32-62-51/h7,9-16,27-30,32-33,35,38,72-73H,6,8,17-26,34H2,1-5H3,(H,59,74)(H,60,76)(H2,62,63,64,65). The van der Waals surface area contributed by atoms with Gasteiger partial charge in [0.05, 0.1) is 42.9 Å².